The number of carbonyl (C=O) groups excluding carboxylic acids is 1. The van der Waals surface area contributed by atoms with Crippen LogP contribution in [0.3, 0.4) is 0 Å². The minimum absolute atomic E-state index is 0.0316. The van der Waals surface area contributed by atoms with Gasteiger partial charge in [-0.15, -0.1) is 0 Å². The van der Waals surface area contributed by atoms with Crippen LogP contribution in [-0.2, 0) is 24.3 Å². The van der Waals surface area contributed by atoms with Gasteiger partial charge < -0.3 is 10.2 Å². The summed E-state index contributed by atoms with van der Waals surface area (Å²) in [5.74, 6) is 0.0316. The summed E-state index contributed by atoms with van der Waals surface area (Å²) in [5.41, 5.74) is 3.50. The lowest BCUT2D eigenvalue weighted by molar-refractivity contribution is -0.918. The quantitative estimate of drug-likeness (QED) is 0.819. The van der Waals surface area contributed by atoms with E-state index in [0.717, 1.165) is 17.7 Å². The SMILES string of the molecule is O=C(Cc1ccc(Cl)cc1)NCc1ccc(C[NH+]2CCCCC2)cc1. The van der Waals surface area contributed by atoms with E-state index >= 15 is 0 Å². The fourth-order valence-corrected chi connectivity index (χ4v) is 3.47. The maximum Gasteiger partial charge on any atom is 0.224 e. The van der Waals surface area contributed by atoms with Crippen molar-refractivity contribution in [1.82, 2.24) is 5.32 Å². The topological polar surface area (TPSA) is 33.5 Å². The molecule has 2 aromatic rings. The molecule has 0 aliphatic carbocycles. The summed E-state index contributed by atoms with van der Waals surface area (Å²) in [6.45, 7) is 4.28. The van der Waals surface area contributed by atoms with Crippen LogP contribution in [0.15, 0.2) is 48.5 Å². The molecule has 25 heavy (non-hydrogen) atoms. The van der Waals surface area contributed by atoms with Gasteiger partial charge in [-0.25, -0.2) is 0 Å². The van der Waals surface area contributed by atoms with Crippen molar-refractivity contribution in [3.63, 3.8) is 0 Å². The molecule has 0 aromatic heterocycles. The van der Waals surface area contributed by atoms with Gasteiger partial charge in [-0.2, -0.15) is 0 Å². The summed E-state index contributed by atoms with van der Waals surface area (Å²) in [5, 5.41) is 3.68. The highest BCUT2D eigenvalue weighted by Crippen LogP contribution is 2.10. The molecule has 132 valence electrons. The van der Waals surface area contributed by atoms with E-state index in [1.165, 1.54) is 37.9 Å². The van der Waals surface area contributed by atoms with E-state index in [2.05, 4.69) is 29.6 Å². The molecule has 1 saturated heterocycles. The van der Waals surface area contributed by atoms with Gasteiger partial charge in [-0.05, 0) is 42.5 Å². The first kappa shape index (κ1) is 18.0. The number of amides is 1. The molecule has 0 saturated carbocycles. The number of piperidine rings is 1. The van der Waals surface area contributed by atoms with E-state index in [0.29, 0.717) is 18.0 Å². The number of nitrogens with one attached hydrogen (secondary N) is 2. The number of likely N-dealkylation sites (tertiary alicyclic amines) is 1. The molecule has 0 radical (unpaired) electrons. The number of rotatable bonds is 6. The highest BCUT2D eigenvalue weighted by atomic mass is 35.5. The Morgan fingerprint density at radius 2 is 1.48 bits per heavy atom. The van der Waals surface area contributed by atoms with Crippen LogP contribution in [0.25, 0.3) is 0 Å². The molecular weight excluding hydrogens is 332 g/mol. The van der Waals surface area contributed by atoms with E-state index in [1.807, 2.05) is 24.3 Å². The fraction of sp³-hybridized carbons (Fsp3) is 0.381. The van der Waals surface area contributed by atoms with Crippen LogP contribution in [0.4, 0.5) is 0 Å². The third-order valence-electron chi connectivity index (χ3n) is 4.81. The van der Waals surface area contributed by atoms with Crippen LogP contribution in [0, 0.1) is 0 Å². The first-order valence-corrected chi connectivity index (χ1v) is 9.49. The van der Waals surface area contributed by atoms with Gasteiger partial charge in [0.25, 0.3) is 0 Å². The number of benzene rings is 2. The van der Waals surface area contributed by atoms with E-state index in [4.69, 9.17) is 11.6 Å². The minimum Gasteiger partial charge on any atom is -0.352 e. The first-order valence-electron chi connectivity index (χ1n) is 9.11. The summed E-state index contributed by atoms with van der Waals surface area (Å²) >= 11 is 5.86. The molecule has 3 rings (SSSR count). The third kappa shape index (κ3) is 5.87. The summed E-state index contributed by atoms with van der Waals surface area (Å²) < 4.78 is 0. The van der Waals surface area contributed by atoms with Gasteiger partial charge in [0.05, 0.1) is 19.5 Å². The smallest absolute Gasteiger partial charge is 0.224 e. The monoisotopic (exact) mass is 357 g/mol. The lowest BCUT2D eigenvalue weighted by Crippen LogP contribution is -3.11. The fourth-order valence-electron chi connectivity index (χ4n) is 3.34. The lowest BCUT2D eigenvalue weighted by atomic mass is 10.1. The Morgan fingerprint density at radius 3 is 2.16 bits per heavy atom. The second-order valence-electron chi connectivity index (χ2n) is 6.88. The first-order chi connectivity index (χ1) is 12.2. The molecule has 0 unspecified atom stereocenters. The predicted octanol–water partition coefficient (Wildman–Crippen LogP) is 2.77. The number of quaternary nitrogens is 1. The lowest BCUT2D eigenvalue weighted by Gasteiger charge is -2.23. The number of halogens is 1. The van der Waals surface area contributed by atoms with Crippen LogP contribution in [0.5, 0.6) is 0 Å². The standard InChI is InChI=1S/C21H25ClN2O/c22-20-10-8-17(9-11-20)14-21(25)23-15-18-4-6-19(7-5-18)16-24-12-2-1-3-13-24/h4-11H,1-3,12-16H2,(H,23,25)/p+1. The zero-order valence-corrected chi connectivity index (χ0v) is 15.3. The highest BCUT2D eigenvalue weighted by Gasteiger charge is 2.13. The van der Waals surface area contributed by atoms with Gasteiger partial charge in [-0.3, -0.25) is 4.79 Å². The second kappa shape index (κ2) is 9.02. The Hall–Kier alpha value is -1.84. The van der Waals surface area contributed by atoms with E-state index in [1.54, 1.807) is 4.90 Å². The van der Waals surface area contributed by atoms with Gasteiger partial charge >= 0.3 is 0 Å². The summed E-state index contributed by atoms with van der Waals surface area (Å²) in [4.78, 5) is 13.7. The van der Waals surface area contributed by atoms with E-state index < -0.39 is 0 Å². The van der Waals surface area contributed by atoms with Crippen molar-refractivity contribution in [2.24, 2.45) is 0 Å². The highest BCUT2D eigenvalue weighted by molar-refractivity contribution is 6.30. The maximum absolute atomic E-state index is 12.1. The Bertz CT molecular complexity index is 676. The average molecular weight is 358 g/mol. The number of hydrogen-bond donors (Lipinski definition) is 2. The van der Waals surface area contributed by atoms with E-state index in [-0.39, 0.29) is 5.91 Å². The number of hydrogen-bond acceptors (Lipinski definition) is 1. The average Bonchev–Trinajstić information content (AvgIpc) is 2.64. The van der Waals surface area contributed by atoms with Crippen molar-refractivity contribution in [1.29, 1.82) is 0 Å². The molecule has 1 aliphatic heterocycles. The molecule has 1 amide bonds. The van der Waals surface area contributed by atoms with Crippen molar-refractivity contribution in [3.05, 3.63) is 70.2 Å². The largest absolute Gasteiger partial charge is 0.352 e. The molecule has 0 atom stereocenters. The van der Waals surface area contributed by atoms with Gasteiger partial charge in [0.15, 0.2) is 0 Å². The molecule has 2 N–H and O–H groups in total. The Labute approximate surface area is 155 Å². The van der Waals surface area contributed by atoms with Crippen LogP contribution in [0.1, 0.15) is 36.0 Å². The van der Waals surface area contributed by atoms with Gasteiger partial charge in [-0.1, -0.05) is 48.0 Å². The zero-order chi connectivity index (χ0) is 17.5. The summed E-state index contributed by atoms with van der Waals surface area (Å²) in [7, 11) is 0. The Balaban J connectivity index is 1.44. The molecule has 1 fully saturated rings. The molecule has 1 aliphatic rings. The Morgan fingerprint density at radius 1 is 0.880 bits per heavy atom. The normalized spacial score (nSPS) is 15.1. The van der Waals surface area contributed by atoms with Crippen LogP contribution in [0.2, 0.25) is 5.02 Å². The molecule has 2 aromatic carbocycles. The van der Waals surface area contributed by atoms with Crippen molar-refractivity contribution in [2.75, 3.05) is 13.1 Å². The van der Waals surface area contributed by atoms with Gasteiger partial charge in [0, 0.05) is 17.1 Å². The van der Waals surface area contributed by atoms with Crippen molar-refractivity contribution in [2.45, 2.75) is 38.8 Å². The molecular formula is C21H26ClN2O+. The van der Waals surface area contributed by atoms with Crippen LogP contribution < -0.4 is 10.2 Å². The van der Waals surface area contributed by atoms with Crippen molar-refractivity contribution < 1.29 is 9.69 Å². The molecule has 1 heterocycles. The van der Waals surface area contributed by atoms with Gasteiger partial charge in [0.1, 0.15) is 6.54 Å². The molecule has 0 bridgehead atoms. The van der Waals surface area contributed by atoms with Crippen LogP contribution >= 0.6 is 11.6 Å². The molecule has 0 spiro atoms. The second-order valence-corrected chi connectivity index (χ2v) is 7.32. The zero-order valence-electron chi connectivity index (χ0n) is 14.6. The van der Waals surface area contributed by atoms with E-state index in [9.17, 15) is 4.79 Å². The Kier molecular flexibility index (Phi) is 6.48. The summed E-state index contributed by atoms with van der Waals surface area (Å²) in [6, 6.07) is 16.0. The third-order valence-corrected chi connectivity index (χ3v) is 5.06. The molecule has 3 nitrogen and oxygen atoms in total. The summed E-state index contributed by atoms with van der Waals surface area (Å²) in [6.07, 6.45) is 4.48. The van der Waals surface area contributed by atoms with Crippen LogP contribution in [-0.4, -0.2) is 19.0 Å². The maximum atomic E-state index is 12.1. The van der Waals surface area contributed by atoms with Crippen molar-refractivity contribution in [3.8, 4) is 0 Å². The van der Waals surface area contributed by atoms with Crippen molar-refractivity contribution >= 4 is 17.5 Å². The minimum atomic E-state index is 0.0316. The number of carbonyl (C=O) groups is 1. The van der Waals surface area contributed by atoms with Gasteiger partial charge in [0.2, 0.25) is 5.91 Å². The molecule has 4 heteroatoms. The predicted molar refractivity (Wildman–Crippen MR) is 102 cm³/mol.